The van der Waals surface area contributed by atoms with Crippen molar-refractivity contribution < 1.29 is 5.11 Å². The normalized spacial score (nSPS) is 17.0. The van der Waals surface area contributed by atoms with Gasteiger partial charge in [0, 0.05) is 5.33 Å². The molecular weight excluding hydrogens is 194 g/mol. The van der Waals surface area contributed by atoms with Gasteiger partial charge in [0.1, 0.15) is 0 Å². The highest BCUT2D eigenvalue weighted by Gasteiger charge is 2.46. The second kappa shape index (κ2) is 4.53. The topological polar surface area (TPSA) is 44.1 Å². The van der Waals surface area contributed by atoms with E-state index in [4.69, 9.17) is 5.41 Å². The molecule has 0 aromatic carbocycles. The standard InChI is InChI=1S/C9H23NOSi2/c1-5-13(6-2,7-3)9(4,11)8(10)12/h10-11H,5-7H2,1-4,12H3. The molecule has 4 heteroatoms. The van der Waals surface area contributed by atoms with Crippen molar-refractivity contribution in [2.24, 2.45) is 0 Å². The lowest BCUT2D eigenvalue weighted by molar-refractivity contribution is 0.205. The molecule has 0 aliphatic rings. The minimum absolute atomic E-state index is 0.574. The van der Waals surface area contributed by atoms with Crippen LogP contribution >= 0.6 is 0 Å². The molecule has 0 radical (unpaired) electrons. The van der Waals surface area contributed by atoms with Crippen LogP contribution in [0.25, 0.3) is 0 Å². The highest BCUT2D eigenvalue weighted by atomic mass is 28.3. The van der Waals surface area contributed by atoms with Gasteiger partial charge in [-0.2, -0.15) is 0 Å². The molecule has 0 heterocycles. The molecule has 0 aromatic heterocycles. The van der Waals surface area contributed by atoms with Crippen molar-refractivity contribution in [1.29, 1.82) is 5.41 Å². The van der Waals surface area contributed by atoms with Crippen molar-refractivity contribution in [2.45, 2.75) is 51.1 Å². The van der Waals surface area contributed by atoms with Gasteiger partial charge in [-0.25, -0.2) is 0 Å². The molecule has 2 N–H and O–H groups in total. The number of hydrogen-bond donors (Lipinski definition) is 2. The third kappa shape index (κ3) is 2.11. The number of rotatable bonds is 5. The van der Waals surface area contributed by atoms with Crippen LogP contribution in [0.4, 0.5) is 0 Å². The molecule has 1 unspecified atom stereocenters. The molecule has 0 aliphatic heterocycles. The van der Waals surface area contributed by atoms with Crippen LogP contribution in [0.1, 0.15) is 27.7 Å². The van der Waals surface area contributed by atoms with Gasteiger partial charge in [0.25, 0.3) is 0 Å². The molecule has 2 nitrogen and oxygen atoms in total. The highest BCUT2D eigenvalue weighted by molar-refractivity contribution is 6.89. The predicted octanol–water partition coefficient (Wildman–Crippen LogP) is 1.13. The van der Waals surface area contributed by atoms with Gasteiger partial charge in [-0.1, -0.05) is 38.9 Å². The van der Waals surface area contributed by atoms with Gasteiger partial charge in [0.05, 0.1) is 23.5 Å². The van der Waals surface area contributed by atoms with Crippen LogP contribution in [0.2, 0.25) is 18.1 Å². The van der Waals surface area contributed by atoms with Crippen molar-refractivity contribution in [1.82, 2.24) is 0 Å². The summed E-state index contributed by atoms with van der Waals surface area (Å²) in [6, 6.07) is 3.24. The Kier molecular flexibility index (Phi) is 4.55. The Labute approximate surface area is 85.7 Å². The second-order valence-electron chi connectivity index (χ2n) is 4.04. The van der Waals surface area contributed by atoms with Crippen LogP contribution < -0.4 is 0 Å². The Bertz CT molecular complexity index is 180. The fourth-order valence-corrected chi connectivity index (χ4v) is 8.13. The summed E-state index contributed by atoms with van der Waals surface area (Å²) in [6.45, 7) is 8.36. The van der Waals surface area contributed by atoms with Gasteiger partial charge in [-0.15, -0.1) is 0 Å². The second-order valence-corrected chi connectivity index (χ2v) is 10.7. The van der Waals surface area contributed by atoms with Crippen LogP contribution in [0.3, 0.4) is 0 Å². The van der Waals surface area contributed by atoms with Crippen molar-refractivity contribution >= 4 is 23.7 Å². The van der Waals surface area contributed by atoms with E-state index in [2.05, 4.69) is 20.8 Å². The fourth-order valence-electron chi connectivity index (χ4n) is 2.18. The molecule has 0 aromatic rings. The van der Waals surface area contributed by atoms with Crippen molar-refractivity contribution in [3.8, 4) is 0 Å². The van der Waals surface area contributed by atoms with Crippen LogP contribution in [-0.4, -0.2) is 34.0 Å². The van der Waals surface area contributed by atoms with Crippen LogP contribution in [-0.2, 0) is 0 Å². The van der Waals surface area contributed by atoms with Gasteiger partial charge < -0.3 is 10.5 Å². The largest absolute Gasteiger partial charge is 0.388 e. The molecule has 0 fully saturated rings. The third-order valence-electron chi connectivity index (χ3n) is 3.79. The Hall–Kier alpha value is 0.0638. The molecule has 0 saturated heterocycles. The zero-order valence-corrected chi connectivity index (χ0v) is 12.6. The lowest BCUT2D eigenvalue weighted by Gasteiger charge is -2.42. The van der Waals surface area contributed by atoms with Gasteiger partial charge in [-0.05, 0) is 6.92 Å². The van der Waals surface area contributed by atoms with Crippen LogP contribution in [0.15, 0.2) is 0 Å². The Balaban J connectivity index is 5.02. The third-order valence-corrected chi connectivity index (χ3v) is 11.8. The summed E-state index contributed by atoms with van der Waals surface area (Å²) in [7, 11) is -0.952. The minimum Gasteiger partial charge on any atom is -0.388 e. The van der Waals surface area contributed by atoms with E-state index < -0.39 is 13.3 Å². The number of nitrogens with one attached hydrogen (secondary N) is 1. The first-order valence-corrected chi connectivity index (χ1v) is 8.78. The zero-order chi connectivity index (χ0) is 10.7. The summed E-state index contributed by atoms with van der Waals surface area (Å²) in [6.07, 6.45) is 0. The van der Waals surface area contributed by atoms with E-state index >= 15 is 0 Å². The minimum atomic E-state index is -1.64. The van der Waals surface area contributed by atoms with Crippen molar-refractivity contribution in [3.63, 3.8) is 0 Å². The monoisotopic (exact) mass is 217 g/mol. The fraction of sp³-hybridized carbons (Fsp3) is 0.889. The number of hydrogen-bond acceptors (Lipinski definition) is 2. The van der Waals surface area contributed by atoms with E-state index in [0.717, 1.165) is 18.1 Å². The first-order valence-electron chi connectivity index (χ1n) is 5.16. The molecule has 0 rings (SSSR count). The van der Waals surface area contributed by atoms with Crippen molar-refractivity contribution in [2.75, 3.05) is 0 Å². The lowest BCUT2D eigenvalue weighted by Crippen LogP contribution is -2.60. The lowest BCUT2D eigenvalue weighted by atomic mass is 10.4. The summed E-state index contributed by atoms with van der Waals surface area (Å²) in [5.41, 5.74) is 0. The maximum atomic E-state index is 10.4. The van der Waals surface area contributed by atoms with E-state index in [1.54, 1.807) is 0 Å². The Morgan fingerprint density at radius 1 is 1.31 bits per heavy atom. The average molecular weight is 217 g/mol. The molecular formula is C9H23NOSi2. The summed E-state index contributed by atoms with van der Waals surface area (Å²) < 4.78 is 0. The molecule has 0 amide bonds. The molecule has 13 heavy (non-hydrogen) atoms. The quantitative estimate of drug-likeness (QED) is 0.526. The van der Waals surface area contributed by atoms with Crippen LogP contribution in [0.5, 0.6) is 0 Å². The SMILES string of the molecule is CC[Si](CC)(CC)C(C)(O)C(=N)[SiH3]. The van der Waals surface area contributed by atoms with E-state index in [1.165, 1.54) is 0 Å². The molecule has 0 bridgehead atoms. The average Bonchev–Trinajstić information content (AvgIpc) is 2.08. The zero-order valence-electron chi connectivity index (χ0n) is 9.57. The van der Waals surface area contributed by atoms with E-state index in [1.807, 2.05) is 6.92 Å². The summed E-state index contributed by atoms with van der Waals surface area (Å²) >= 11 is 0. The predicted molar refractivity (Wildman–Crippen MR) is 65.5 cm³/mol. The van der Waals surface area contributed by atoms with Gasteiger partial charge in [-0.3, -0.25) is 0 Å². The summed E-state index contributed by atoms with van der Waals surface area (Å²) in [5, 5.41) is 17.9. The van der Waals surface area contributed by atoms with Gasteiger partial charge in [0.15, 0.2) is 0 Å². The van der Waals surface area contributed by atoms with Crippen LogP contribution in [0, 0.1) is 5.41 Å². The summed E-state index contributed by atoms with van der Waals surface area (Å²) in [4.78, 5) is 0. The highest BCUT2D eigenvalue weighted by Crippen LogP contribution is 2.32. The molecule has 0 aliphatic carbocycles. The smallest absolute Gasteiger partial charge is 0.0967 e. The first kappa shape index (κ1) is 13.1. The molecule has 0 saturated carbocycles. The van der Waals surface area contributed by atoms with Gasteiger partial charge >= 0.3 is 0 Å². The number of aliphatic hydroxyl groups is 1. The maximum Gasteiger partial charge on any atom is 0.0967 e. The van der Waals surface area contributed by atoms with Crippen molar-refractivity contribution in [3.05, 3.63) is 0 Å². The Morgan fingerprint density at radius 2 is 1.62 bits per heavy atom. The maximum absolute atomic E-state index is 10.4. The van der Waals surface area contributed by atoms with Gasteiger partial charge in [0.2, 0.25) is 0 Å². The summed E-state index contributed by atoms with van der Waals surface area (Å²) in [5.74, 6) is 0. The van der Waals surface area contributed by atoms with E-state index in [-0.39, 0.29) is 0 Å². The molecule has 78 valence electrons. The molecule has 1 atom stereocenters. The van der Waals surface area contributed by atoms with E-state index in [0.29, 0.717) is 15.6 Å². The first-order chi connectivity index (χ1) is 5.88. The Morgan fingerprint density at radius 3 is 1.69 bits per heavy atom. The molecule has 0 spiro atoms. The van der Waals surface area contributed by atoms with E-state index in [9.17, 15) is 5.11 Å².